The summed E-state index contributed by atoms with van der Waals surface area (Å²) in [6.45, 7) is -0.344. The predicted molar refractivity (Wildman–Crippen MR) is 67.8 cm³/mol. The van der Waals surface area contributed by atoms with Crippen LogP contribution in [0.25, 0.3) is 0 Å². The molecule has 0 saturated heterocycles. The highest BCUT2D eigenvalue weighted by atomic mass is 19.3. The van der Waals surface area contributed by atoms with Gasteiger partial charge in [-0.1, -0.05) is 30.3 Å². The highest BCUT2D eigenvalue weighted by Gasteiger charge is 2.10. The lowest BCUT2D eigenvalue weighted by Crippen LogP contribution is -2.30. The molecule has 0 bridgehead atoms. The van der Waals surface area contributed by atoms with Crippen molar-refractivity contribution in [2.45, 2.75) is 18.9 Å². The minimum Gasteiger partial charge on any atom is -0.374 e. The highest BCUT2D eigenvalue weighted by Crippen LogP contribution is 2.12. The molecule has 19 heavy (non-hydrogen) atoms. The van der Waals surface area contributed by atoms with Gasteiger partial charge in [0.15, 0.2) is 0 Å². The van der Waals surface area contributed by atoms with Crippen molar-refractivity contribution < 1.29 is 18.3 Å². The van der Waals surface area contributed by atoms with Gasteiger partial charge in [-0.05, 0) is 5.56 Å². The molecule has 6 heteroatoms. The predicted octanol–water partition coefficient (Wildman–Crippen LogP) is 1.47. The van der Waals surface area contributed by atoms with Gasteiger partial charge in [-0.25, -0.2) is 8.78 Å². The fourth-order valence-corrected chi connectivity index (χ4v) is 1.53. The number of carbonyl (C=O) groups is 1. The summed E-state index contributed by atoms with van der Waals surface area (Å²) < 4.78 is 28.1. The molecule has 1 atom stereocenters. The number of nitrogens with one attached hydrogen (secondary N) is 1. The Morgan fingerprint density at radius 3 is 2.63 bits per heavy atom. The number of hydrogen-bond acceptors (Lipinski definition) is 3. The van der Waals surface area contributed by atoms with Crippen molar-refractivity contribution in [2.75, 3.05) is 19.8 Å². The van der Waals surface area contributed by atoms with E-state index in [9.17, 15) is 13.6 Å². The molecule has 0 saturated carbocycles. The Morgan fingerprint density at radius 1 is 1.32 bits per heavy atom. The number of hydrogen-bond donors (Lipinski definition) is 2. The summed E-state index contributed by atoms with van der Waals surface area (Å²) in [5.74, 6) is -0.225. The van der Waals surface area contributed by atoms with Crippen LogP contribution in [0.15, 0.2) is 30.3 Å². The molecule has 1 aromatic rings. The second kappa shape index (κ2) is 8.55. The van der Waals surface area contributed by atoms with Crippen molar-refractivity contribution in [3.63, 3.8) is 0 Å². The molecule has 0 aliphatic rings. The third-order valence-electron chi connectivity index (χ3n) is 2.45. The van der Waals surface area contributed by atoms with Gasteiger partial charge in [0.25, 0.3) is 6.43 Å². The van der Waals surface area contributed by atoms with Gasteiger partial charge in [0.1, 0.15) is 6.61 Å². The molecule has 0 aliphatic heterocycles. The Labute approximate surface area is 110 Å². The maximum absolute atomic E-state index is 11.8. The zero-order valence-electron chi connectivity index (χ0n) is 10.5. The van der Waals surface area contributed by atoms with Crippen LogP contribution < -0.4 is 11.1 Å². The average molecular weight is 272 g/mol. The maximum Gasteiger partial charge on any atom is 0.261 e. The number of alkyl halides is 2. The maximum atomic E-state index is 11.8. The van der Waals surface area contributed by atoms with E-state index in [4.69, 9.17) is 5.73 Å². The van der Waals surface area contributed by atoms with Crippen LogP contribution >= 0.6 is 0 Å². The van der Waals surface area contributed by atoms with E-state index in [2.05, 4.69) is 10.1 Å². The van der Waals surface area contributed by atoms with Gasteiger partial charge >= 0.3 is 0 Å². The van der Waals surface area contributed by atoms with E-state index in [0.29, 0.717) is 0 Å². The Kier molecular flexibility index (Phi) is 6.99. The molecule has 0 heterocycles. The first kappa shape index (κ1) is 15.5. The normalized spacial score (nSPS) is 12.4. The first-order chi connectivity index (χ1) is 9.09. The van der Waals surface area contributed by atoms with Gasteiger partial charge in [0, 0.05) is 19.0 Å². The lowest BCUT2D eigenvalue weighted by molar-refractivity contribution is -0.121. The van der Waals surface area contributed by atoms with Crippen LogP contribution in [-0.2, 0) is 9.53 Å². The van der Waals surface area contributed by atoms with Crippen molar-refractivity contribution >= 4 is 5.91 Å². The van der Waals surface area contributed by atoms with Crippen molar-refractivity contribution in [1.82, 2.24) is 5.32 Å². The number of benzene rings is 1. The summed E-state index contributed by atoms with van der Waals surface area (Å²) in [5, 5.41) is 2.57. The molecule has 0 radical (unpaired) electrons. The van der Waals surface area contributed by atoms with Crippen LogP contribution in [0.3, 0.4) is 0 Å². The Morgan fingerprint density at radius 2 is 2.00 bits per heavy atom. The SMILES string of the molecule is NC(CC(=O)NCCOCC(F)F)c1ccccc1. The van der Waals surface area contributed by atoms with Crippen molar-refractivity contribution in [3.8, 4) is 0 Å². The van der Waals surface area contributed by atoms with Crippen LogP contribution in [0, 0.1) is 0 Å². The Hall–Kier alpha value is -1.53. The summed E-state index contributed by atoms with van der Waals surface area (Å²) in [7, 11) is 0. The van der Waals surface area contributed by atoms with Gasteiger partial charge in [0.2, 0.25) is 5.91 Å². The molecule has 0 aromatic heterocycles. The van der Waals surface area contributed by atoms with Crippen LogP contribution in [0.1, 0.15) is 18.0 Å². The molecule has 0 aliphatic carbocycles. The van der Waals surface area contributed by atoms with Gasteiger partial charge in [-0.3, -0.25) is 4.79 Å². The van der Waals surface area contributed by atoms with Gasteiger partial charge in [-0.2, -0.15) is 0 Å². The lowest BCUT2D eigenvalue weighted by atomic mass is 10.0. The first-order valence-corrected chi connectivity index (χ1v) is 6.02. The third kappa shape index (κ3) is 6.83. The summed E-state index contributed by atoms with van der Waals surface area (Å²) in [6.07, 6.45) is -2.33. The summed E-state index contributed by atoms with van der Waals surface area (Å²) in [5.41, 5.74) is 6.76. The minimum atomic E-state index is -2.48. The number of carbonyl (C=O) groups excluding carboxylic acids is 1. The zero-order valence-corrected chi connectivity index (χ0v) is 10.5. The van der Waals surface area contributed by atoms with Gasteiger partial charge in [0.05, 0.1) is 6.61 Å². The van der Waals surface area contributed by atoms with E-state index in [1.807, 2.05) is 30.3 Å². The number of halogens is 2. The molecule has 0 spiro atoms. The summed E-state index contributed by atoms with van der Waals surface area (Å²) in [6, 6.07) is 8.91. The summed E-state index contributed by atoms with van der Waals surface area (Å²) in [4.78, 5) is 11.5. The molecule has 1 amide bonds. The summed E-state index contributed by atoms with van der Waals surface area (Å²) >= 11 is 0. The highest BCUT2D eigenvalue weighted by molar-refractivity contribution is 5.76. The molecular weight excluding hydrogens is 254 g/mol. The number of amides is 1. The van der Waals surface area contributed by atoms with Crippen LogP contribution in [0.2, 0.25) is 0 Å². The zero-order chi connectivity index (χ0) is 14.1. The Bertz CT molecular complexity index is 374. The quantitative estimate of drug-likeness (QED) is 0.704. The van der Waals surface area contributed by atoms with Crippen molar-refractivity contribution in [2.24, 2.45) is 5.73 Å². The van der Waals surface area contributed by atoms with E-state index in [1.165, 1.54) is 0 Å². The molecule has 1 unspecified atom stereocenters. The smallest absolute Gasteiger partial charge is 0.261 e. The Balaban J connectivity index is 2.17. The molecule has 3 N–H and O–H groups in total. The molecule has 1 rings (SSSR count). The monoisotopic (exact) mass is 272 g/mol. The first-order valence-electron chi connectivity index (χ1n) is 6.02. The van der Waals surface area contributed by atoms with E-state index in [1.54, 1.807) is 0 Å². The number of nitrogens with two attached hydrogens (primary N) is 1. The second-order valence-corrected chi connectivity index (χ2v) is 4.04. The molecular formula is C13H18F2N2O2. The van der Waals surface area contributed by atoms with E-state index >= 15 is 0 Å². The van der Waals surface area contributed by atoms with Crippen LogP contribution in [0.5, 0.6) is 0 Å². The average Bonchev–Trinajstić information content (AvgIpc) is 2.39. The number of rotatable bonds is 8. The van der Waals surface area contributed by atoms with E-state index in [-0.39, 0.29) is 31.5 Å². The topological polar surface area (TPSA) is 64.4 Å². The molecule has 106 valence electrons. The molecule has 1 aromatic carbocycles. The van der Waals surface area contributed by atoms with Crippen molar-refractivity contribution in [1.29, 1.82) is 0 Å². The fraction of sp³-hybridized carbons (Fsp3) is 0.462. The van der Waals surface area contributed by atoms with Crippen molar-refractivity contribution in [3.05, 3.63) is 35.9 Å². The van der Waals surface area contributed by atoms with Crippen LogP contribution in [-0.4, -0.2) is 32.1 Å². The molecule has 4 nitrogen and oxygen atoms in total. The second-order valence-electron chi connectivity index (χ2n) is 4.04. The molecule has 0 fully saturated rings. The van der Waals surface area contributed by atoms with Gasteiger partial charge < -0.3 is 15.8 Å². The van der Waals surface area contributed by atoms with E-state index < -0.39 is 13.0 Å². The standard InChI is InChI=1S/C13H18F2N2O2/c14-12(15)9-19-7-6-17-13(18)8-11(16)10-4-2-1-3-5-10/h1-5,11-12H,6-9,16H2,(H,17,18). The largest absolute Gasteiger partial charge is 0.374 e. The van der Waals surface area contributed by atoms with E-state index in [0.717, 1.165) is 5.56 Å². The lowest BCUT2D eigenvalue weighted by Gasteiger charge is -2.12. The van der Waals surface area contributed by atoms with Crippen LogP contribution in [0.4, 0.5) is 8.78 Å². The fourth-order valence-electron chi connectivity index (χ4n) is 1.53. The number of ether oxygens (including phenoxy) is 1. The minimum absolute atomic E-state index is 0.0661. The third-order valence-corrected chi connectivity index (χ3v) is 2.45. The van der Waals surface area contributed by atoms with Gasteiger partial charge in [-0.15, -0.1) is 0 Å².